The molecule has 0 saturated carbocycles. The predicted molar refractivity (Wildman–Crippen MR) is 130 cm³/mol. The molecule has 0 atom stereocenters. The van der Waals surface area contributed by atoms with E-state index in [9.17, 15) is 9.59 Å². The third-order valence-electron chi connectivity index (χ3n) is 5.15. The number of amides is 1. The lowest BCUT2D eigenvalue weighted by Crippen LogP contribution is -2.17. The maximum absolute atomic E-state index is 12.7. The zero-order valence-corrected chi connectivity index (χ0v) is 18.6. The topological polar surface area (TPSA) is 86.2 Å². The number of methoxy groups -OCH3 is 2. The van der Waals surface area contributed by atoms with Gasteiger partial charge in [-0.05, 0) is 59.3 Å². The lowest BCUT2D eigenvalue weighted by molar-refractivity contribution is 0.0734. The number of fused-ring (bicyclic) bond motifs is 1. The van der Waals surface area contributed by atoms with E-state index in [1.165, 1.54) is 13.3 Å². The molecule has 0 fully saturated rings. The van der Waals surface area contributed by atoms with Crippen LogP contribution < -0.4 is 19.6 Å². The molecule has 0 aliphatic carbocycles. The number of ether oxygens (including phenoxy) is 3. The zero-order valence-electron chi connectivity index (χ0n) is 18.6. The molecule has 170 valence electrons. The summed E-state index contributed by atoms with van der Waals surface area (Å²) in [6.07, 6.45) is 1.47. The van der Waals surface area contributed by atoms with Crippen LogP contribution in [0, 0.1) is 0 Å². The van der Waals surface area contributed by atoms with Crippen molar-refractivity contribution in [3.63, 3.8) is 0 Å². The molecular weight excluding hydrogens is 432 g/mol. The quantitative estimate of drug-likeness (QED) is 0.187. The third kappa shape index (κ3) is 5.05. The Kier molecular flexibility index (Phi) is 6.84. The van der Waals surface area contributed by atoms with Crippen molar-refractivity contribution in [3.05, 3.63) is 102 Å². The van der Waals surface area contributed by atoms with Gasteiger partial charge in [0.1, 0.15) is 17.2 Å². The van der Waals surface area contributed by atoms with E-state index in [0.29, 0.717) is 33.9 Å². The average Bonchev–Trinajstić information content (AvgIpc) is 2.89. The maximum Gasteiger partial charge on any atom is 0.343 e. The zero-order chi connectivity index (χ0) is 23.9. The molecule has 0 aromatic heterocycles. The van der Waals surface area contributed by atoms with Crippen molar-refractivity contribution in [3.8, 4) is 17.2 Å². The smallest absolute Gasteiger partial charge is 0.343 e. The van der Waals surface area contributed by atoms with Crippen LogP contribution in [-0.2, 0) is 0 Å². The molecule has 34 heavy (non-hydrogen) atoms. The molecule has 4 rings (SSSR count). The number of carbonyl (C=O) groups excluding carboxylic acids is 2. The van der Waals surface area contributed by atoms with Crippen LogP contribution in [0.5, 0.6) is 17.2 Å². The summed E-state index contributed by atoms with van der Waals surface area (Å²) in [7, 11) is 3.09. The fourth-order valence-electron chi connectivity index (χ4n) is 3.37. The Morgan fingerprint density at radius 3 is 2.32 bits per heavy atom. The van der Waals surface area contributed by atoms with Crippen LogP contribution in [-0.4, -0.2) is 32.3 Å². The van der Waals surface area contributed by atoms with Crippen LogP contribution in [0.4, 0.5) is 0 Å². The summed E-state index contributed by atoms with van der Waals surface area (Å²) in [6.45, 7) is 0. The van der Waals surface area contributed by atoms with Crippen molar-refractivity contribution in [2.24, 2.45) is 5.10 Å². The van der Waals surface area contributed by atoms with Gasteiger partial charge in [-0.1, -0.05) is 36.4 Å². The van der Waals surface area contributed by atoms with Gasteiger partial charge >= 0.3 is 5.97 Å². The number of nitrogens with one attached hydrogen (secondary N) is 1. The summed E-state index contributed by atoms with van der Waals surface area (Å²) in [5.41, 5.74) is 3.85. The van der Waals surface area contributed by atoms with Gasteiger partial charge in [0, 0.05) is 11.1 Å². The molecule has 0 unspecified atom stereocenters. The van der Waals surface area contributed by atoms with E-state index >= 15 is 0 Å². The fourth-order valence-corrected chi connectivity index (χ4v) is 3.37. The molecule has 4 aromatic rings. The summed E-state index contributed by atoms with van der Waals surface area (Å²) < 4.78 is 16.0. The monoisotopic (exact) mass is 454 g/mol. The third-order valence-corrected chi connectivity index (χ3v) is 5.15. The van der Waals surface area contributed by atoms with Gasteiger partial charge < -0.3 is 14.2 Å². The van der Waals surface area contributed by atoms with Crippen LogP contribution >= 0.6 is 0 Å². The van der Waals surface area contributed by atoms with Gasteiger partial charge in [0.05, 0.1) is 26.0 Å². The Morgan fingerprint density at radius 1 is 0.794 bits per heavy atom. The minimum absolute atomic E-state index is 0.318. The number of carbonyl (C=O) groups is 2. The minimum Gasteiger partial charge on any atom is -0.497 e. The predicted octanol–water partition coefficient (Wildman–Crippen LogP) is 4.84. The largest absolute Gasteiger partial charge is 0.497 e. The van der Waals surface area contributed by atoms with Gasteiger partial charge in [-0.2, -0.15) is 5.10 Å². The van der Waals surface area contributed by atoms with E-state index in [-0.39, 0.29) is 0 Å². The van der Waals surface area contributed by atoms with Gasteiger partial charge in [0.15, 0.2) is 0 Å². The Bertz CT molecular complexity index is 1360. The summed E-state index contributed by atoms with van der Waals surface area (Å²) in [4.78, 5) is 25.2. The van der Waals surface area contributed by atoms with Crippen LogP contribution in [0.3, 0.4) is 0 Å². The number of hydrogen-bond acceptors (Lipinski definition) is 6. The van der Waals surface area contributed by atoms with Crippen molar-refractivity contribution in [1.82, 2.24) is 5.43 Å². The first kappa shape index (κ1) is 22.5. The number of hydrazone groups is 1. The first-order valence-electron chi connectivity index (χ1n) is 10.4. The standard InChI is InChI=1S/C27H22N2O5/c1-32-21-13-10-19(11-14-21)27(31)34-25-15-12-18-6-3-4-9-23(18)24(25)17-28-29-26(30)20-7-5-8-22(16-20)33-2/h3-17H,1-2H3,(H,29,30)/b28-17-. The summed E-state index contributed by atoms with van der Waals surface area (Å²) >= 11 is 0. The molecule has 7 nitrogen and oxygen atoms in total. The van der Waals surface area contributed by atoms with Crippen molar-refractivity contribution in [1.29, 1.82) is 0 Å². The molecule has 0 radical (unpaired) electrons. The number of nitrogens with zero attached hydrogens (tertiary/aromatic N) is 1. The molecule has 7 heteroatoms. The van der Waals surface area contributed by atoms with E-state index in [1.54, 1.807) is 61.7 Å². The van der Waals surface area contributed by atoms with E-state index in [0.717, 1.165) is 10.8 Å². The van der Waals surface area contributed by atoms with E-state index in [1.807, 2.05) is 30.3 Å². The van der Waals surface area contributed by atoms with Crippen LogP contribution in [0.15, 0.2) is 90.0 Å². The number of benzene rings is 4. The Labute approximate surface area is 196 Å². The Morgan fingerprint density at radius 2 is 1.56 bits per heavy atom. The van der Waals surface area contributed by atoms with Crippen LogP contribution in [0.25, 0.3) is 10.8 Å². The molecule has 0 bridgehead atoms. The van der Waals surface area contributed by atoms with Crippen molar-refractivity contribution >= 4 is 28.9 Å². The summed E-state index contributed by atoms with van der Waals surface area (Å²) in [5, 5.41) is 5.87. The molecule has 4 aromatic carbocycles. The molecule has 0 aliphatic heterocycles. The first-order valence-corrected chi connectivity index (χ1v) is 10.4. The maximum atomic E-state index is 12.7. The minimum atomic E-state index is -0.520. The molecule has 0 heterocycles. The molecular formula is C27H22N2O5. The van der Waals surface area contributed by atoms with Crippen molar-refractivity contribution in [2.75, 3.05) is 14.2 Å². The summed E-state index contributed by atoms with van der Waals surface area (Å²) in [5.74, 6) is 0.610. The van der Waals surface area contributed by atoms with Gasteiger partial charge in [0.2, 0.25) is 0 Å². The number of esters is 1. The van der Waals surface area contributed by atoms with Gasteiger partial charge in [-0.15, -0.1) is 0 Å². The number of hydrogen-bond donors (Lipinski definition) is 1. The second-order valence-corrected chi connectivity index (χ2v) is 7.25. The molecule has 0 saturated heterocycles. The molecule has 1 amide bonds. The van der Waals surface area contributed by atoms with E-state index < -0.39 is 11.9 Å². The van der Waals surface area contributed by atoms with Gasteiger partial charge in [-0.3, -0.25) is 4.79 Å². The van der Waals surface area contributed by atoms with Crippen molar-refractivity contribution < 1.29 is 23.8 Å². The average molecular weight is 454 g/mol. The second kappa shape index (κ2) is 10.3. The van der Waals surface area contributed by atoms with Crippen LogP contribution in [0.2, 0.25) is 0 Å². The Hall–Kier alpha value is -4.65. The lowest BCUT2D eigenvalue weighted by Gasteiger charge is -2.11. The molecule has 0 aliphatic rings. The second-order valence-electron chi connectivity index (χ2n) is 7.25. The number of rotatable bonds is 7. The highest BCUT2D eigenvalue weighted by Crippen LogP contribution is 2.27. The van der Waals surface area contributed by atoms with Crippen molar-refractivity contribution in [2.45, 2.75) is 0 Å². The van der Waals surface area contributed by atoms with Crippen LogP contribution in [0.1, 0.15) is 26.3 Å². The highest BCUT2D eigenvalue weighted by atomic mass is 16.5. The SMILES string of the molecule is COc1ccc(C(=O)Oc2ccc3ccccc3c2/C=N\NC(=O)c2cccc(OC)c2)cc1. The lowest BCUT2D eigenvalue weighted by atomic mass is 10.0. The van der Waals surface area contributed by atoms with E-state index in [2.05, 4.69) is 10.5 Å². The first-order chi connectivity index (χ1) is 16.6. The van der Waals surface area contributed by atoms with E-state index in [4.69, 9.17) is 14.2 Å². The highest BCUT2D eigenvalue weighted by Gasteiger charge is 2.14. The molecule has 0 spiro atoms. The highest BCUT2D eigenvalue weighted by molar-refractivity contribution is 6.04. The Balaban J connectivity index is 1.60. The normalized spacial score (nSPS) is 10.8. The molecule has 1 N–H and O–H groups in total. The fraction of sp³-hybridized carbons (Fsp3) is 0.0741. The summed E-state index contributed by atoms with van der Waals surface area (Å²) in [6, 6.07) is 24.6. The van der Waals surface area contributed by atoms with Gasteiger partial charge in [-0.25, -0.2) is 10.2 Å². The van der Waals surface area contributed by atoms with Gasteiger partial charge in [0.25, 0.3) is 5.91 Å².